The Morgan fingerprint density at radius 3 is 1.90 bits per heavy atom. The maximum atomic E-state index is 13.8. The molecule has 278 valence electrons. The van der Waals surface area contributed by atoms with Crippen LogP contribution in [0.3, 0.4) is 0 Å². The van der Waals surface area contributed by atoms with Gasteiger partial charge in [-0.25, -0.2) is 4.79 Å². The molecule has 2 fully saturated rings. The van der Waals surface area contributed by atoms with Gasteiger partial charge in [0.25, 0.3) is 5.56 Å². The summed E-state index contributed by atoms with van der Waals surface area (Å²) in [6, 6.07) is 1.04. The van der Waals surface area contributed by atoms with E-state index in [0.29, 0.717) is 6.42 Å². The second kappa shape index (κ2) is 21.7. The molecule has 2 aliphatic heterocycles. The maximum absolute atomic E-state index is 13.8. The van der Waals surface area contributed by atoms with Crippen molar-refractivity contribution in [1.29, 1.82) is 0 Å². The molecule has 14 nitrogen and oxygen atoms in total. The lowest BCUT2D eigenvalue weighted by molar-refractivity contribution is -0.158. The van der Waals surface area contributed by atoms with Crippen molar-refractivity contribution in [2.45, 2.75) is 153 Å². The SMILES string of the molecule is CCCCCCCCCCCCCCCCCCOP(=O)(CCN1C[C@@H](O)[C@H](O)C1)OC(O)[C@H]1O[C@@H](n2ccc(=O)[nH]c2=O)[C@H](O)[C@@H]1O. The molecule has 2 unspecified atom stereocenters. The van der Waals surface area contributed by atoms with E-state index >= 15 is 0 Å². The normalized spacial score (nSPS) is 26.6. The summed E-state index contributed by atoms with van der Waals surface area (Å²) >= 11 is 0. The van der Waals surface area contributed by atoms with Crippen LogP contribution in [0.1, 0.15) is 116 Å². The van der Waals surface area contributed by atoms with Gasteiger partial charge in [-0.15, -0.1) is 0 Å². The summed E-state index contributed by atoms with van der Waals surface area (Å²) in [7, 11) is -4.01. The first kappa shape index (κ1) is 41.0. The molecule has 0 saturated carbocycles. The van der Waals surface area contributed by atoms with Gasteiger partial charge in [-0.2, -0.15) is 0 Å². The summed E-state index contributed by atoms with van der Waals surface area (Å²) < 4.78 is 31.5. The second-order valence-electron chi connectivity index (χ2n) is 13.4. The fraction of sp³-hybridized carbons (Fsp3) is 0.879. The molecule has 0 radical (unpaired) electrons. The molecule has 0 aromatic carbocycles. The fourth-order valence-corrected chi connectivity index (χ4v) is 7.98. The number of aliphatic hydroxyl groups excluding tert-OH is 5. The van der Waals surface area contributed by atoms with E-state index in [1.165, 1.54) is 77.0 Å². The predicted molar refractivity (Wildman–Crippen MR) is 181 cm³/mol. The zero-order chi connectivity index (χ0) is 34.9. The predicted octanol–water partition coefficient (Wildman–Crippen LogP) is 3.00. The monoisotopic (exact) mass is 705 g/mol. The number of aromatic amines is 1. The molecule has 0 aliphatic carbocycles. The Kier molecular flexibility index (Phi) is 18.5. The third-order valence-electron chi connectivity index (χ3n) is 9.26. The smallest absolute Gasteiger partial charge is 0.334 e. The van der Waals surface area contributed by atoms with Crippen LogP contribution in [0, 0.1) is 0 Å². The Morgan fingerprint density at radius 2 is 1.38 bits per heavy atom. The van der Waals surface area contributed by atoms with Gasteiger partial charge in [-0.3, -0.25) is 28.3 Å². The molecular formula is C33H60N3O11P. The van der Waals surface area contributed by atoms with Gasteiger partial charge >= 0.3 is 13.3 Å². The largest absolute Gasteiger partial charge is 0.389 e. The highest BCUT2D eigenvalue weighted by Crippen LogP contribution is 2.50. The van der Waals surface area contributed by atoms with E-state index in [1.54, 1.807) is 4.90 Å². The van der Waals surface area contributed by atoms with Crippen molar-refractivity contribution >= 4 is 7.60 Å². The first-order valence-electron chi connectivity index (χ1n) is 18.1. The van der Waals surface area contributed by atoms with Gasteiger partial charge in [-0.1, -0.05) is 103 Å². The topological polar surface area (TPSA) is 204 Å². The molecule has 0 bridgehead atoms. The van der Waals surface area contributed by atoms with Crippen LogP contribution >= 0.6 is 7.60 Å². The van der Waals surface area contributed by atoms with Crippen LogP contribution in [0.15, 0.2) is 21.9 Å². The summed E-state index contributed by atoms with van der Waals surface area (Å²) in [5, 5.41) is 51.8. The molecule has 2 aliphatic rings. The lowest BCUT2D eigenvalue weighted by Gasteiger charge is -2.27. The number of β-amino-alcohol motifs (C(OH)–C–C–N with tert-alkyl or cyclic N) is 2. The number of nitrogens with zero attached hydrogens (tertiary/aromatic N) is 2. The van der Waals surface area contributed by atoms with Crippen LogP contribution in [0.5, 0.6) is 0 Å². The average molecular weight is 706 g/mol. The van der Waals surface area contributed by atoms with Crippen molar-refractivity contribution in [1.82, 2.24) is 14.5 Å². The standard InChI is InChI=1S/C33H60N3O11P/c1-2-3-4-5-6-7-8-9-10-11-12-13-14-15-16-17-21-45-48(44,22-20-35-23-25(37)26(38)24-35)47-32(42)30-28(40)29(41)31(46-30)36-19-18-27(39)34-33(36)43/h18-19,25-26,28-32,37-38,40-42H,2-17,20-24H2,1H3,(H,34,39,43)/t25-,26-,28+,29-,30+,31-,32?,48?/m1/s1. The fourth-order valence-electron chi connectivity index (χ4n) is 6.30. The minimum atomic E-state index is -4.01. The van der Waals surface area contributed by atoms with Gasteiger partial charge in [0.15, 0.2) is 12.5 Å². The quantitative estimate of drug-likeness (QED) is 0.0494. The minimum Gasteiger partial charge on any atom is -0.389 e. The molecule has 15 heteroatoms. The van der Waals surface area contributed by atoms with E-state index < -0.39 is 61.9 Å². The number of unbranched alkanes of at least 4 members (excludes halogenated alkanes) is 15. The van der Waals surface area contributed by atoms with E-state index in [1.807, 2.05) is 4.98 Å². The third kappa shape index (κ3) is 13.7. The summed E-state index contributed by atoms with van der Waals surface area (Å²) in [6.45, 7) is 2.85. The van der Waals surface area contributed by atoms with E-state index in [-0.39, 0.29) is 32.4 Å². The molecule has 3 heterocycles. The number of aromatic nitrogens is 2. The molecule has 1 aromatic heterocycles. The number of rotatable bonds is 25. The lowest BCUT2D eigenvalue weighted by Crippen LogP contribution is -2.40. The highest BCUT2D eigenvalue weighted by molar-refractivity contribution is 7.53. The Morgan fingerprint density at radius 1 is 0.854 bits per heavy atom. The van der Waals surface area contributed by atoms with Crippen LogP contribution in [-0.2, 0) is 18.3 Å². The van der Waals surface area contributed by atoms with Crippen molar-refractivity contribution in [3.8, 4) is 0 Å². The van der Waals surface area contributed by atoms with Crippen molar-refractivity contribution < 1.29 is 43.9 Å². The Hall–Kier alpha value is -1.45. The molecule has 6 N–H and O–H groups in total. The van der Waals surface area contributed by atoms with E-state index in [4.69, 9.17) is 13.8 Å². The first-order valence-corrected chi connectivity index (χ1v) is 19.8. The molecule has 2 saturated heterocycles. The number of hydrogen-bond acceptors (Lipinski definition) is 12. The average Bonchev–Trinajstić information content (AvgIpc) is 3.53. The van der Waals surface area contributed by atoms with Gasteiger partial charge in [0.1, 0.15) is 18.3 Å². The van der Waals surface area contributed by atoms with Gasteiger partial charge in [0.05, 0.1) is 25.0 Å². The Balaban J connectivity index is 1.40. The third-order valence-corrected chi connectivity index (χ3v) is 11.1. The molecule has 48 heavy (non-hydrogen) atoms. The summed E-state index contributed by atoms with van der Waals surface area (Å²) in [6.07, 6.45) is 10.0. The maximum Gasteiger partial charge on any atom is 0.334 e. The zero-order valence-electron chi connectivity index (χ0n) is 28.6. The highest BCUT2D eigenvalue weighted by atomic mass is 31.2. The molecular weight excluding hydrogens is 645 g/mol. The summed E-state index contributed by atoms with van der Waals surface area (Å²) in [5.41, 5.74) is -1.55. The molecule has 0 spiro atoms. The minimum absolute atomic E-state index is 0.111. The zero-order valence-corrected chi connectivity index (χ0v) is 29.5. The van der Waals surface area contributed by atoms with Crippen LogP contribution in [0.25, 0.3) is 0 Å². The lowest BCUT2D eigenvalue weighted by atomic mass is 10.0. The second-order valence-corrected chi connectivity index (χ2v) is 15.5. The van der Waals surface area contributed by atoms with E-state index in [9.17, 15) is 39.7 Å². The van der Waals surface area contributed by atoms with E-state index in [2.05, 4.69) is 6.92 Å². The number of ether oxygens (including phenoxy) is 1. The van der Waals surface area contributed by atoms with Gasteiger partial charge < -0.3 is 34.8 Å². The molecule has 1 aromatic rings. The van der Waals surface area contributed by atoms with Crippen LogP contribution in [0.4, 0.5) is 0 Å². The van der Waals surface area contributed by atoms with Crippen LogP contribution < -0.4 is 11.2 Å². The Bertz CT molecular complexity index is 1190. The van der Waals surface area contributed by atoms with Gasteiger partial charge in [0.2, 0.25) is 0 Å². The van der Waals surface area contributed by atoms with Gasteiger partial charge in [0, 0.05) is 31.9 Å². The van der Waals surface area contributed by atoms with Crippen LogP contribution in [-0.4, -0.2) is 109 Å². The van der Waals surface area contributed by atoms with E-state index in [0.717, 1.165) is 36.1 Å². The van der Waals surface area contributed by atoms with Gasteiger partial charge in [-0.05, 0) is 6.42 Å². The summed E-state index contributed by atoms with van der Waals surface area (Å²) in [4.78, 5) is 27.4. The number of hydrogen-bond donors (Lipinski definition) is 6. The first-order chi connectivity index (χ1) is 23.0. The Labute approximate surface area is 284 Å². The number of aliphatic hydroxyl groups is 5. The van der Waals surface area contributed by atoms with Crippen LogP contribution in [0.2, 0.25) is 0 Å². The number of likely N-dealkylation sites (tertiary alicyclic amines) is 1. The van der Waals surface area contributed by atoms with Crippen molar-refractivity contribution in [2.24, 2.45) is 0 Å². The molecule has 3 rings (SSSR count). The summed E-state index contributed by atoms with van der Waals surface area (Å²) in [5.74, 6) is 0. The van der Waals surface area contributed by atoms with Crippen molar-refractivity contribution in [3.05, 3.63) is 33.1 Å². The number of nitrogens with one attached hydrogen (secondary N) is 1. The molecule has 8 atom stereocenters. The molecule has 0 amide bonds. The number of H-pyrrole nitrogens is 1. The highest BCUT2D eigenvalue weighted by Gasteiger charge is 2.49. The van der Waals surface area contributed by atoms with Crippen molar-refractivity contribution in [2.75, 3.05) is 32.4 Å². The van der Waals surface area contributed by atoms with Crippen molar-refractivity contribution in [3.63, 3.8) is 0 Å².